The molecule has 5 heteroatoms. The van der Waals surface area contributed by atoms with E-state index in [1.54, 1.807) is 30.3 Å². The predicted molar refractivity (Wildman–Crippen MR) is 107 cm³/mol. The fraction of sp³-hybridized carbons (Fsp3) is 0.0455. The lowest BCUT2D eigenvalue weighted by Crippen LogP contribution is -2.21. The highest BCUT2D eigenvalue weighted by Crippen LogP contribution is 2.19. The third-order valence-electron chi connectivity index (χ3n) is 4.32. The van der Waals surface area contributed by atoms with Gasteiger partial charge in [0.25, 0.3) is 5.56 Å². The van der Waals surface area contributed by atoms with Gasteiger partial charge in [0.1, 0.15) is 5.75 Å². The Bertz CT molecular complexity index is 1190. The van der Waals surface area contributed by atoms with Gasteiger partial charge in [-0.2, -0.15) is 9.78 Å². The van der Waals surface area contributed by atoms with Crippen molar-refractivity contribution in [3.05, 3.63) is 94.8 Å². The minimum Gasteiger partial charge on any atom is -0.508 e. The molecule has 0 amide bonds. The first-order valence-corrected chi connectivity index (χ1v) is 8.56. The second kappa shape index (κ2) is 6.88. The second-order valence-electron chi connectivity index (χ2n) is 6.17. The molecule has 4 rings (SSSR count). The largest absolute Gasteiger partial charge is 0.508 e. The normalized spacial score (nSPS) is 11.7. The number of aromatic hydroxyl groups is 1. The Hall–Kier alpha value is -3.73. The Morgan fingerprint density at radius 1 is 0.926 bits per heavy atom. The number of phenolic OH excluding ortho intramolecular Hbond substituents is 1. The van der Waals surface area contributed by atoms with Crippen LogP contribution in [0, 0.1) is 0 Å². The third-order valence-corrected chi connectivity index (χ3v) is 4.32. The van der Waals surface area contributed by atoms with Crippen molar-refractivity contribution in [3.63, 3.8) is 0 Å². The van der Waals surface area contributed by atoms with Crippen molar-refractivity contribution < 1.29 is 5.11 Å². The number of rotatable bonds is 3. The van der Waals surface area contributed by atoms with Gasteiger partial charge in [-0.25, -0.2) is 4.98 Å². The standard InChI is InChI=1S/C22H17N3O2/c1-15(16-11-13-18(26)14-12-16)24-25-21(17-7-3-2-4-8-17)23-20-10-6-5-9-19(20)22(25)27/h2-14,26H,1H3/b24-15+. The van der Waals surface area contributed by atoms with Gasteiger partial charge in [-0.1, -0.05) is 42.5 Å². The molecule has 1 aromatic heterocycles. The van der Waals surface area contributed by atoms with Gasteiger partial charge in [0.15, 0.2) is 5.82 Å². The van der Waals surface area contributed by atoms with Crippen LogP contribution in [0.4, 0.5) is 0 Å². The van der Waals surface area contributed by atoms with Crippen LogP contribution in [-0.2, 0) is 0 Å². The van der Waals surface area contributed by atoms with Gasteiger partial charge in [-0.15, -0.1) is 0 Å². The van der Waals surface area contributed by atoms with Crippen molar-refractivity contribution in [3.8, 4) is 17.1 Å². The lowest BCUT2D eigenvalue weighted by atomic mass is 10.1. The molecule has 0 unspecified atom stereocenters. The Kier molecular flexibility index (Phi) is 4.26. The minimum atomic E-state index is -0.224. The molecule has 3 aromatic carbocycles. The summed E-state index contributed by atoms with van der Waals surface area (Å²) in [5.74, 6) is 0.665. The number of nitrogens with zero attached hydrogens (tertiary/aromatic N) is 3. The number of para-hydroxylation sites is 1. The molecule has 0 aliphatic heterocycles. The number of benzene rings is 3. The van der Waals surface area contributed by atoms with Crippen molar-refractivity contribution in [2.75, 3.05) is 0 Å². The molecule has 1 N–H and O–H groups in total. The SMILES string of the molecule is C/C(=N\n1c(-c2ccccc2)nc2ccccc2c1=O)c1ccc(O)cc1. The summed E-state index contributed by atoms with van der Waals surface area (Å²) in [6.07, 6.45) is 0. The molecule has 0 fully saturated rings. The van der Waals surface area contributed by atoms with Crippen LogP contribution in [0.5, 0.6) is 5.75 Å². The molecule has 4 aromatic rings. The van der Waals surface area contributed by atoms with Gasteiger partial charge < -0.3 is 5.11 Å². The zero-order chi connectivity index (χ0) is 18.8. The van der Waals surface area contributed by atoms with E-state index in [1.165, 1.54) is 4.68 Å². The molecule has 0 bridgehead atoms. The monoisotopic (exact) mass is 355 g/mol. The molecule has 5 nitrogen and oxygen atoms in total. The maximum Gasteiger partial charge on any atom is 0.282 e. The maximum atomic E-state index is 13.1. The average Bonchev–Trinajstić information content (AvgIpc) is 2.71. The van der Waals surface area contributed by atoms with E-state index >= 15 is 0 Å². The van der Waals surface area contributed by atoms with E-state index in [-0.39, 0.29) is 11.3 Å². The summed E-state index contributed by atoms with van der Waals surface area (Å²) < 4.78 is 1.35. The zero-order valence-electron chi connectivity index (χ0n) is 14.7. The smallest absolute Gasteiger partial charge is 0.282 e. The first-order chi connectivity index (χ1) is 13.1. The molecule has 132 valence electrons. The summed E-state index contributed by atoms with van der Waals surface area (Å²) in [5, 5.41) is 14.6. The van der Waals surface area contributed by atoms with E-state index in [9.17, 15) is 9.90 Å². The molecule has 0 spiro atoms. The average molecular weight is 355 g/mol. The first kappa shape index (κ1) is 16.7. The van der Waals surface area contributed by atoms with E-state index in [1.807, 2.05) is 55.5 Å². The van der Waals surface area contributed by atoms with E-state index in [0.717, 1.165) is 11.1 Å². The molecule has 0 aliphatic carbocycles. The molecular formula is C22H17N3O2. The van der Waals surface area contributed by atoms with Gasteiger partial charge in [-0.3, -0.25) is 4.79 Å². The van der Waals surface area contributed by atoms with Crippen LogP contribution in [0.1, 0.15) is 12.5 Å². The van der Waals surface area contributed by atoms with Crippen LogP contribution in [0.3, 0.4) is 0 Å². The second-order valence-corrected chi connectivity index (χ2v) is 6.17. The van der Waals surface area contributed by atoms with Gasteiger partial charge >= 0.3 is 0 Å². The maximum absolute atomic E-state index is 13.1. The summed E-state index contributed by atoms with van der Waals surface area (Å²) in [6, 6.07) is 23.5. The lowest BCUT2D eigenvalue weighted by molar-refractivity contribution is 0.475. The molecule has 0 saturated heterocycles. The Morgan fingerprint density at radius 2 is 1.59 bits per heavy atom. The molecule has 0 atom stereocenters. The quantitative estimate of drug-likeness (QED) is 0.564. The predicted octanol–water partition coefficient (Wildman–Crippen LogP) is 4.04. The first-order valence-electron chi connectivity index (χ1n) is 8.56. The van der Waals surface area contributed by atoms with E-state index in [0.29, 0.717) is 22.4 Å². The van der Waals surface area contributed by atoms with Crippen LogP contribution in [0.2, 0.25) is 0 Å². The van der Waals surface area contributed by atoms with E-state index in [4.69, 9.17) is 0 Å². The fourth-order valence-electron chi connectivity index (χ4n) is 2.90. The van der Waals surface area contributed by atoms with Gasteiger partial charge in [0.05, 0.1) is 16.6 Å². The summed E-state index contributed by atoms with van der Waals surface area (Å²) in [6.45, 7) is 1.82. The highest BCUT2D eigenvalue weighted by molar-refractivity contribution is 5.98. The summed E-state index contributed by atoms with van der Waals surface area (Å²) >= 11 is 0. The molecule has 0 radical (unpaired) electrons. The van der Waals surface area contributed by atoms with Crippen molar-refractivity contribution in [1.82, 2.24) is 9.66 Å². The Balaban J connectivity index is 1.98. The molecule has 27 heavy (non-hydrogen) atoms. The zero-order valence-corrected chi connectivity index (χ0v) is 14.7. The van der Waals surface area contributed by atoms with Crippen molar-refractivity contribution >= 4 is 16.6 Å². The fourth-order valence-corrected chi connectivity index (χ4v) is 2.90. The third kappa shape index (κ3) is 3.22. The van der Waals surface area contributed by atoms with Crippen molar-refractivity contribution in [2.24, 2.45) is 5.10 Å². The van der Waals surface area contributed by atoms with Crippen LogP contribution < -0.4 is 5.56 Å². The topological polar surface area (TPSA) is 67.5 Å². The van der Waals surface area contributed by atoms with Crippen LogP contribution in [-0.4, -0.2) is 20.5 Å². The molecule has 0 saturated carbocycles. The minimum absolute atomic E-state index is 0.182. The number of hydrogen-bond donors (Lipinski definition) is 1. The van der Waals surface area contributed by atoms with E-state index < -0.39 is 0 Å². The number of aromatic nitrogens is 2. The number of hydrogen-bond acceptors (Lipinski definition) is 4. The summed E-state index contributed by atoms with van der Waals surface area (Å²) in [4.78, 5) is 17.8. The highest BCUT2D eigenvalue weighted by atomic mass is 16.3. The highest BCUT2D eigenvalue weighted by Gasteiger charge is 2.13. The van der Waals surface area contributed by atoms with Crippen molar-refractivity contribution in [1.29, 1.82) is 0 Å². The van der Waals surface area contributed by atoms with Gasteiger partial charge in [-0.05, 0) is 48.9 Å². The molecule has 1 heterocycles. The molecule has 0 aliphatic rings. The number of phenols is 1. The summed E-state index contributed by atoms with van der Waals surface area (Å²) in [5.41, 5.74) is 2.67. The van der Waals surface area contributed by atoms with Crippen LogP contribution in [0.25, 0.3) is 22.3 Å². The van der Waals surface area contributed by atoms with Crippen LogP contribution >= 0.6 is 0 Å². The van der Waals surface area contributed by atoms with E-state index in [2.05, 4.69) is 10.1 Å². The van der Waals surface area contributed by atoms with Crippen LogP contribution in [0.15, 0.2) is 88.8 Å². The van der Waals surface area contributed by atoms with Gasteiger partial charge in [0.2, 0.25) is 0 Å². The lowest BCUT2D eigenvalue weighted by Gasteiger charge is -2.11. The van der Waals surface area contributed by atoms with Crippen molar-refractivity contribution in [2.45, 2.75) is 6.92 Å². The summed E-state index contributed by atoms with van der Waals surface area (Å²) in [7, 11) is 0. The van der Waals surface area contributed by atoms with Gasteiger partial charge in [0, 0.05) is 5.56 Å². The Morgan fingerprint density at radius 3 is 2.33 bits per heavy atom. The number of fused-ring (bicyclic) bond motifs is 1. The Labute approximate surface area is 155 Å². The molecular weight excluding hydrogens is 338 g/mol.